The molecule has 2 heteroatoms. The van der Waals surface area contributed by atoms with E-state index in [4.69, 9.17) is 11.5 Å². The minimum Gasteiger partial charge on any atom is -0.399 e. The Morgan fingerprint density at radius 3 is 1.26 bits per heavy atom. The number of aryl methyl sites for hydroxylation is 2. The van der Waals surface area contributed by atoms with Crippen LogP contribution in [0.2, 0.25) is 0 Å². The molecule has 0 bridgehead atoms. The van der Waals surface area contributed by atoms with Crippen LogP contribution < -0.4 is 11.5 Å². The van der Waals surface area contributed by atoms with Gasteiger partial charge in [0.15, 0.2) is 0 Å². The molecule has 4 aromatic rings. The van der Waals surface area contributed by atoms with E-state index in [2.05, 4.69) is 120 Å². The van der Waals surface area contributed by atoms with Crippen molar-refractivity contribution in [3.63, 3.8) is 0 Å². The molecule has 1 aliphatic rings. The third kappa shape index (κ3) is 12.7. The Morgan fingerprint density at radius 1 is 0.483 bits per heavy atom. The first-order valence-corrected chi connectivity index (χ1v) is 24.2. The first-order chi connectivity index (χ1) is 28.3. The summed E-state index contributed by atoms with van der Waals surface area (Å²) < 4.78 is 0. The van der Waals surface area contributed by atoms with Crippen LogP contribution in [0, 0.1) is 19.8 Å². The maximum absolute atomic E-state index is 6.24. The summed E-state index contributed by atoms with van der Waals surface area (Å²) in [7, 11) is 0. The zero-order chi connectivity index (χ0) is 41.2. The molecular formula is C56H82N2. The molecule has 4 aromatic carbocycles. The largest absolute Gasteiger partial charge is 0.399 e. The summed E-state index contributed by atoms with van der Waals surface area (Å²) >= 11 is 0. The van der Waals surface area contributed by atoms with Crippen LogP contribution in [0.1, 0.15) is 225 Å². The number of unbranched alkanes of at least 4 members (excludes halogenated alkanes) is 13. The average molecular weight is 783 g/mol. The average Bonchev–Trinajstić information content (AvgIpc) is 3.23. The fourth-order valence-corrected chi connectivity index (χ4v) is 10.6. The molecule has 2 unspecified atom stereocenters. The number of rotatable bonds is 25. The second-order valence-electron chi connectivity index (χ2n) is 18.6. The monoisotopic (exact) mass is 783 g/mol. The summed E-state index contributed by atoms with van der Waals surface area (Å²) in [5.41, 5.74) is 25.7. The Kier molecular flexibility index (Phi) is 18.8. The van der Waals surface area contributed by atoms with Crippen LogP contribution in [0.25, 0.3) is 0 Å². The van der Waals surface area contributed by atoms with Gasteiger partial charge in [-0.3, -0.25) is 0 Å². The Morgan fingerprint density at radius 2 is 0.862 bits per heavy atom. The molecule has 4 N–H and O–H groups in total. The van der Waals surface area contributed by atoms with Crippen LogP contribution in [0.5, 0.6) is 0 Å². The van der Waals surface area contributed by atoms with E-state index in [0.29, 0.717) is 11.8 Å². The molecule has 0 aliphatic heterocycles. The summed E-state index contributed by atoms with van der Waals surface area (Å²) in [5.74, 6) is 1.65. The lowest BCUT2D eigenvalue weighted by Gasteiger charge is -2.42. The van der Waals surface area contributed by atoms with E-state index in [1.807, 2.05) is 0 Å². The SMILES string of the molecule is CCCCCCCCCCC1CCC(c2ccc(C(CCCCCC)c3ccc(N)cc3C)cc2)(c2ccc(C(CCCCCC)c3ccc(N)cc3C)cc2)CC1. The molecule has 0 amide bonds. The molecule has 0 spiro atoms. The number of hydrogen-bond acceptors (Lipinski definition) is 2. The standard InChI is InChI=1S/C56H82N2/c1-6-9-12-15-16-17-18-19-22-45-37-39-56(40-38-45,48-29-25-46(26-30-48)54(23-20-13-10-7-2)52-35-33-50(57)41-43(52)4)49-31-27-47(28-32-49)55(24-21-14-11-8-3)53-36-34-51(58)42-44(53)5/h25-36,41-42,45,54-55H,6-24,37-40,57-58H2,1-5H3. The van der Waals surface area contributed by atoms with Crippen molar-refractivity contribution in [1.82, 2.24) is 0 Å². The number of nitrogen functional groups attached to an aromatic ring is 2. The molecule has 1 fully saturated rings. The summed E-state index contributed by atoms with van der Waals surface area (Å²) in [5, 5.41) is 0. The predicted molar refractivity (Wildman–Crippen MR) is 255 cm³/mol. The van der Waals surface area contributed by atoms with Crippen molar-refractivity contribution in [2.45, 2.75) is 200 Å². The lowest BCUT2D eigenvalue weighted by molar-refractivity contribution is 0.250. The van der Waals surface area contributed by atoms with Gasteiger partial charge in [0.1, 0.15) is 0 Å². The molecular weight excluding hydrogens is 701 g/mol. The van der Waals surface area contributed by atoms with E-state index in [-0.39, 0.29) is 5.41 Å². The summed E-state index contributed by atoms with van der Waals surface area (Å²) in [6.45, 7) is 11.4. The van der Waals surface area contributed by atoms with Gasteiger partial charge in [0.05, 0.1) is 0 Å². The molecule has 2 atom stereocenters. The third-order valence-electron chi connectivity index (χ3n) is 14.2. The van der Waals surface area contributed by atoms with Crippen LogP contribution in [0.3, 0.4) is 0 Å². The zero-order valence-electron chi connectivity index (χ0n) is 37.7. The molecule has 1 saturated carbocycles. The Bertz CT molecular complexity index is 1630. The van der Waals surface area contributed by atoms with Crippen molar-refractivity contribution in [2.75, 3.05) is 11.5 Å². The zero-order valence-corrected chi connectivity index (χ0v) is 37.7. The molecule has 0 radical (unpaired) electrons. The smallest absolute Gasteiger partial charge is 0.0316 e. The molecule has 316 valence electrons. The number of hydrogen-bond donors (Lipinski definition) is 2. The van der Waals surface area contributed by atoms with Crippen molar-refractivity contribution in [1.29, 1.82) is 0 Å². The first-order valence-electron chi connectivity index (χ1n) is 24.2. The van der Waals surface area contributed by atoms with Gasteiger partial charge in [-0.1, -0.05) is 191 Å². The van der Waals surface area contributed by atoms with Crippen molar-refractivity contribution in [3.05, 3.63) is 129 Å². The summed E-state index contributed by atoms with van der Waals surface area (Å²) in [6.07, 6.45) is 30.4. The lowest BCUT2D eigenvalue weighted by Crippen LogP contribution is -2.33. The Labute approximate surface area is 356 Å². The maximum atomic E-state index is 6.24. The second-order valence-corrected chi connectivity index (χ2v) is 18.6. The van der Waals surface area contributed by atoms with E-state index in [1.165, 1.54) is 192 Å². The fraction of sp³-hybridized carbons (Fsp3) is 0.571. The highest BCUT2D eigenvalue weighted by molar-refractivity contribution is 5.51. The highest BCUT2D eigenvalue weighted by atomic mass is 14.5. The van der Waals surface area contributed by atoms with E-state index in [0.717, 1.165) is 17.3 Å². The molecule has 0 heterocycles. The third-order valence-corrected chi connectivity index (χ3v) is 14.2. The molecule has 1 aliphatic carbocycles. The van der Waals surface area contributed by atoms with Gasteiger partial charge in [-0.25, -0.2) is 0 Å². The van der Waals surface area contributed by atoms with Gasteiger partial charge in [-0.05, 0) is 127 Å². The quantitative estimate of drug-likeness (QED) is 0.0520. The van der Waals surface area contributed by atoms with E-state index < -0.39 is 0 Å². The van der Waals surface area contributed by atoms with Gasteiger partial charge in [-0.2, -0.15) is 0 Å². The normalized spacial score (nSPS) is 18.0. The van der Waals surface area contributed by atoms with Gasteiger partial charge >= 0.3 is 0 Å². The highest BCUT2D eigenvalue weighted by Gasteiger charge is 2.38. The van der Waals surface area contributed by atoms with Gasteiger partial charge in [-0.15, -0.1) is 0 Å². The summed E-state index contributed by atoms with van der Waals surface area (Å²) in [4.78, 5) is 0. The topological polar surface area (TPSA) is 52.0 Å². The van der Waals surface area contributed by atoms with Gasteiger partial charge in [0.2, 0.25) is 0 Å². The lowest BCUT2D eigenvalue weighted by atomic mass is 9.62. The van der Waals surface area contributed by atoms with Gasteiger partial charge < -0.3 is 11.5 Å². The van der Waals surface area contributed by atoms with Gasteiger partial charge in [0, 0.05) is 28.6 Å². The molecule has 58 heavy (non-hydrogen) atoms. The fourth-order valence-electron chi connectivity index (χ4n) is 10.6. The minimum atomic E-state index is 0.0499. The molecule has 0 aromatic heterocycles. The highest BCUT2D eigenvalue weighted by Crippen LogP contribution is 2.49. The Balaban J connectivity index is 1.41. The van der Waals surface area contributed by atoms with Crippen molar-refractivity contribution in [2.24, 2.45) is 5.92 Å². The predicted octanol–water partition coefficient (Wildman–Crippen LogP) is 16.7. The van der Waals surface area contributed by atoms with E-state index >= 15 is 0 Å². The molecule has 2 nitrogen and oxygen atoms in total. The van der Waals surface area contributed by atoms with Crippen LogP contribution in [0.15, 0.2) is 84.9 Å². The van der Waals surface area contributed by atoms with Crippen LogP contribution >= 0.6 is 0 Å². The Hall–Kier alpha value is -3.52. The van der Waals surface area contributed by atoms with Crippen LogP contribution in [0.4, 0.5) is 11.4 Å². The van der Waals surface area contributed by atoms with Crippen LogP contribution in [-0.2, 0) is 5.41 Å². The van der Waals surface area contributed by atoms with Crippen molar-refractivity contribution < 1.29 is 0 Å². The number of nitrogens with two attached hydrogens (primary N) is 2. The molecule has 5 rings (SSSR count). The number of benzene rings is 4. The summed E-state index contributed by atoms with van der Waals surface area (Å²) in [6, 6.07) is 33.2. The maximum Gasteiger partial charge on any atom is 0.0316 e. The van der Waals surface area contributed by atoms with Crippen molar-refractivity contribution >= 4 is 11.4 Å². The van der Waals surface area contributed by atoms with Gasteiger partial charge in [0.25, 0.3) is 0 Å². The second kappa shape index (κ2) is 23.9. The van der Waals surface area contributed by atoms with E-state index in [1.54, 1.807) is 0 Å². The van der Waals surface area contributed by atoms with E-state index in [9.17, 15) is 0 Å². The molecule has 0 saturated heterocycles. The first kappa shape index (κ1) is 45.6. The van der Waals surface area contributed by atoms with Crippen molar-refractivity contribution in [3.8, 4) is 0 Å². The minimum absolute atomic E-state index is 0.0499. The van der Waals surface area contributed by atoms with Crippen LogP contribution in [-0.4, -0.2) is 0 Å². The number of anilines is 2.